The Bertz CT molecular complexity index is 2520. The van der Waals surface area contributed by atoms with Crippen LogP contribution in [0.15, 0.2) is 231 Å². The molecule has 0 heterocycles. The molecule has 10 aromatic carbocycles. The molecule has 10 rings (SSSR count). The number of aryl methyl sites for hydroxylation is 4. The molecule has 0 aliphatic rings. The van der Waals surface area contributed by atoms with E-state index in [0.717, 1.165) is 25.7 Å². The van der Waals surface area contributed by atoms with Crippen molar-refractivity contribution in [2.45, 2.75) is 25.7 Å². The molecule has 10 aromatic rings. The third-order valence-corrected chi connectivity index (χ3v) is 11.3. The first-order chi connectivity index (χ1) is 29.8. The van der Waals surface area contributed by atoms with Gasteiger partial charge in [0.25, 0.3) is 0 Å². The Labute approximate surface area is 411 Å². The van der Waals surface area contributed by atoms with Crippen LogP contribution in [0.25, 0.3) is 66.1 Å². The van der Waals surface area contributed by atoms with E-state index >= 15 is 0 Å². The SMILES string of the molecule is Cl.Cl.[CH3-].[CH3-].[Si]=[Zr].c1ccc(CCc2cc3c(-c4ccccc4)ccc(-c4ccccc4)c3[cH-]2)cc1.c1ccc(CCc2cc3c(-c4ccccc4)ccc(-c4ccccc4)c3[cH-]2)cc1. The minimum atomic E-state index is 0. The third-order valence-electron chi connectivity index (χ3n) is 11.3. The van der Waals surface area contributed by atoms with Crippen LogP contribution in [0.3, 0.4) is 0 Å². The summed E-state index contributed by atoms with van der Waals surface area (Å²) in [6.07, 6.45) is 4.25. The molecular weight excluding hydrogens is 911 g/mol. The maximum atomic E-state index is 3.06. The van der Waals surface area contributed by atoms with Gasteiger partial charge in [0.05, 0.1) is 0 Å². The van der Waals surface area contributed by atoms with Gasteiger partial charge in [0.2, 0.25) is 0 Å². The quantitative estimate of drug-likeness (QED) is 0.0946. The van der Waals surface area contributed by atoms with E-state index in [9.17, 15) is 0 Å². The predicted molar refractivity (Wildman–Crippen MR) is 282 cm³/mol. The smallest absolute Gasteiger partial charge is 0.0254 e. The average Bonchev–Trinajstić information content (AvgIpc) is 3.98. The van der Waals surface area contributed by atoms with Crippen molar-refractivity contribution in [3.05, 3.63) is 268 Å². The summed E-state index contributed by atoms with van der Waals surface area (Å²) in [6, 6.07) is 83.1. The molecular formula is C60H54Cl2SiZr-4. The Hall–Kier alpha value is -5.34. The van der Waals surface area contributed by atoms with Gasteiger partial charge < -0.3 is 14.9 Å². The van der Waals surface area contributed by atoms with Crippen molar-refractivity contribution in [3.8, 4) is 44.5 Å². The van der Waals surface area contributed by atoms with Crippen molar-refractivity contribution in [1.29, 1.82) is 0 Å². The summed E-state index contributed by atoms with van der Waals surface area (Å²) < 4.78 is 0. The summed E-state index contributed by atoms with van der Waals surface area (Å²) in [5, 5.41) is 5.39. The number of hydrogen-bond donors (Lipinski definition) is 0. The average molecular weight is 965 g/mol. The van der Waals surface area contributed by atoms with Crippen molar-refractivity contribution in [2.24, 2.45) is 0 Å². The van der Waals surface area contributed by atoms with Gasteiger partial charge in [-0.3, -0.25) is 0 Å². The number of hydrogen-bond acceptors (Lipinski definition) is 0. The molecule has 0 bridgehead atoms. The van der Waals surface area contributed by atoms with Crippen LogP contribution in [-0.2, 0) is 49.0 Å². The van der Waals surface area contributed by atoms with Crippen molar-refractivity contribution < 1.29 is 23.3 Å². The molecule has 4 heteroatoms. The van der Waals surface area contributed by atoms with E-state index in [1.807, 2.05) is 0 Å². The maximum absolute atomic E-state index is 3.06. The zero-order valence-electron chi connectivity index (χ0n) is 36.6. The van der Waals surface area contributed by atoms with Crippen LogP contribution in [-0.4, -0.2) is 6.88 Å². The molecule has 2 radical (unpaired) electrons. The Morgan fingerprint density at radius 2 is 0.562 bits per heavy atom. The number of benzene rings is 8. The van der Waals surface area contributed by atoms with Crippen LogP contribution in [0.4, 0.5) is 0 Å². The van der Waals surface area contributed by atoms with Gasteiger partial charge in [-0.05, 0) is 47.9 Å². The fourth-order valence-corrected chi connectivity index (χ4v) is 8.35. The second-order valence-electron chi connectivity index (χ2n) is 15.1. The van der Waals surface area contributed by atoms with Crippen LogP contribution in [0.1, 0.15) is 22.3 Å². The van der Waals surface area contributed by atoms with Crippen molar-refractivity contribution in [3.63, 3.8) is 0 Å². The first-order valence-corrected chi connectivity index (χ1v) is 24.9. The van der Waals surface area contributed by atoms with Crippen LogP contribution in [0.2, 0.25) is 0 Å². The number of rotatable bonds is 10. The van der Waals surface area contributed by atoms with E-state index in [2.05, 4.69) is 237 Å². The van der Waals surface area contributed by atoms with E-state index in [-0.39, 0.29) is 39.7 Å². The molecule has 0 aliphatic carbocycles. The largest absolute Gasteiger partial charge is 0.164 e. The topological polar surface area (TPSA) is 0 Å². The zero-order chi connectivity index (χ0) is 40.9. The molecule has 0 atom stereocenters. The fraction of sp³-hybridized carbons (Fsp3) is 0.0667. The molecule has 0 aliphatic heterocycles. The van der Waals surface area contributed by atoms with Crippen LogP contribution < -0.4 is 0 Å². The normalized spacial score (nSPS) is 10.0. The zero-order valence-corrected chi connectivity index (χ0v) is 41.7. The fourth-order valence-electron chi connectivity index (χ4n) is 8.35. The Kier molecular flexibility index (Phi) is 20.7. The first-order valence-electron chi connectivity index (χ1n) is 20.8. The van der Waals surface area contributed by atoms with Gasteiger partial charge in [-0.2, -0.15) is 12.1 Å². The standard InChI is InChI=1S/2C29H23.2CH3.2ClH.Si.Zr/c2*1-4-10-22(11-5-1)16-17-23-20-28-26(24-12-6-2-7-13-24)18-19-27(29(28)21-23)25-14-8-3-9-15-25;;;;;;/h2*1-15,18-21H,16-17H2;2*1H3;2*1H;;/q4*-1;;;;. The monoisotopic (exact) mass is 962 g/mol. The molecule has 0 fully saturated rings. The molecule has 0 spiro atoms. The van der Waals surface area contributed by atoms with Crippen LogP contribution in [0.5, 0.6) is 0 Å². The van der Waals surface area contributed by atoms with Gasteiger partial charge in [-0.15, -0.1) is 69.6 Å². The summed E-state index contributed by atoms with van der Waals surface area (Å²) in [7, 11) is 0. The van der Waals surface area contributed by atoms with Crippen molar-refractivity contribution >= 4 is 53.2 Å². The van der Waals surface area contributed by atoms with Crippen LogP contribution >= 0.6 is 24.8 Å². The number of fused-ring (bicyclic) bond motifs is 2. The molecule has 0 amide bonds. The predicted octanol–water partition coefficient (Wildman–Crippen LogP) is 16.7. The molecule has 0 nitrogen and oxygen atoms in total. The molecule has 64 heavy (non-hydrogen) atoms. The molecule has 0 unspecified atom stereocenters. The van der Waals surface area contributed by atoms with E-state index in [1.54, 1.807) is 0 Å². The first kappa shape index (κ1) is 51.3. The minimum absolute atomic E-state index is 0. The molecule has 0 saturated heterocycles. The van der Waals surface area contributed by atoms with Gasteiger partial charge in [0.1, 0.15) is 0 Å². The van der Waals surface area contributed by atoms with E-state index in [4.69, 9.17) is 0 Å². The minimum Gasteiger partial charge on any atom is -0.164 e. The summed E-state index contributed by atoms with van der Waals surface area (Å²) in [6.45, 7) is 3.06. The van der Waals surface area contributed by atoms with Crippen LogP contribution in [0, 0.1) is 14.9 Å². The third kappa shape index (κ3) is 12.5. The summed E-state index contributed by atoms with van der Waals surface area (Å²) >= 11 is 1.36. The van der Waals surface area contributed by atoms with Gasteiger partial charge in [0, 0.05) is 0 Å². The summed E-state index contributed by atoms with van der Waals surface area (Å²) in [5.74, 6) is 0. The second kappa shape index (κ2) is 25.8. The molecule has 0 N–H and O–H groups in total. The maximum Gasteiger partial charge on any atom is -0.0254 e. The van der Waals surface area contributed by atoms with E-state index in [0.29, 0.717) is 0 Å². The van der Waals surface area contributed by atoms with Gasteiger partial charge in [-0.25, -0.2) is 0 Å². The molecule has 320 valence electrons. The Morgan fingerprint density at radius 3 is 0.859 bits per heavy atom. The number of halogens is 2. The van der Waals surface area contributed by atoms with Crippen molar-refractivity contribution in [1.82, 2.24) is 0 Å². The Balaban J connectivity index is 0.000000255. The second-order valence-corrected chi connectivity index (χ2v) is 15.1. The van der Waals surface area contributed by atoms with Gasteiger partial charge in [0.15, 0.2) is 0 Å². The summed E-state index contributed by atoms with van der Waals surface area (Å²) in [4.78, 5) is 0. The van der Waals surface area contributed by atoms with E-state index in [1.165, 1.54) is 112 Å². The van der Waals surface area contributed by atoms with Crippen molar-refractivity contribution in [2.75, 3.05) is 0 Å². The summed E-state index contributed by atoms with van der Waals surface area (Å²) in [5.41, 5.74) is 15.9. The van der Waals surface area contributed by atoms with Gasteiger partial charge in [-0.1, -0.05) is 240 Å². The molecule has 0 aromatic heterocycles. The Morgan fingerprint density at radius 1 is 0.312 bits per heavy atom. The van der Waals surface area contributed by atoms with E-state index < -0.39 is 0 Å². The van der Waals surface area contributed by atoms with Gasteiger partial charge >= 0.3 is 30.2 Å². The molecule has 0 saturated carbocycles.